The normalized spacial score (nSPS) is 11.2. The fourth-order valence-electron chi connectivity index (χ4n) is 7.48. The highest BCUT2D eigenvalue weighted by Gasteiger charge is 2.15. The predicted octanol–water partition coefficient (Wildman–Crippen LogP) is 13.2. The van der Waals surface area contributed by atoms with Gasteiger partial charge in [0.15, 0.2) is 17.5 Å². The molecule has 2 heterocycles. The van der Waals surface area contributed by atoms with Crippen LogP contribution in [0, 0.1) is 0 Å². The van der Waals surface area contributed by atoms with Gasteiger partial charge < -0.3 is 0 Å². The number of fused-ring (bicyclic) bond motifs is 3. The molecule has 4 nitrogen and oxygen atoms in total. The van der Waals surface area contributed by atoms with Gasteiger partial charge in [0.05, 0.1) is 5.52 Å². The molecule has 0 bridgehead atoms. The summed E-state index contributed by atoms with van der Waals surface area (Å²) in [5.74, 6) is 1.88. The highest BCUT2D eigenvalue weighted by Crippen LogP contribution is 2.36. The Bertz CT molecular complexity index is 2880. The van der Waals surface area contributed by atoms with Gasteiger partial charge in [-0.1, -0.05) is 182 Å². The van der Waals surface area contributed by atoms with E-state index in [4.69, 9.17) is 19.9 Å². The van der Waals surface area contributed by atoms with E-state index in [9.17, 15) is 0 Å². The fraction of sp³-hybridized carbons (Fsp3) is 0. The van der Waals surface area contributed by atoms with Crippen LogP contribution in [0.4, 0.5) is 0 Å². The van der Waals surface area contributed by atoms with Crippen molar-refractivity contribution in [2.24, 2.45) is 0 Å². The second-order valence-corrected chi connectivity index (χ2v) is 13.9. The zero-order valence-corrected chi connectivity index (χ0v) is 30.4. The van der Waals surface area contributed by atoms with E-state index < -0.39 is 0 Å². The summed E-state index contributed by atoms with van der Waals surface area (Å²) in [6, 6.07) is 69.9. The number of pyridine rings is 1. The first-order chi connectivity index (χ1) is 27.7. The molecule has 0 N–H and O–H groups in total. The van der Waals surface area contributed by atoms with Crippen LogP contribution in [0.15, 0.2) is 206 Å². The van der Waals surface area contributed by atoms with Crippen molar-refractivity contribution in [1.82, 2.24) is 19.9 Å². The van der Waals surface area contributed by atoms with Crippen LogP contribution in [0.25, 0.3) is 100 Å². The van der Waals surface area contributed by atoms with E-state index in [1.807, 2.05) is 24.4 Å². The van der Waals surface area contributed by atoms with Crippen molar-refractivity contribution in [3.8, 4) is 78.7 Å². The smallest absolute Gasteiger partial charge is 0.164 e. The molecular weight excluding hydrogens is 681 g/mol. The molecule has 0 amide bonds. The first-order valence-electron chi connectivity index (χ1n) is 18.8. The van der Waals surface area contributed by atoms with Crippen molar-refractivity contribution in [2.45, 2.75) is 0 Å². The van der Waals surface area contributed by atoms with Crippen LogP contribution in [0.3, 0.4) is 0 Å². The molecular formula is C52H34N4. The standard InChI is InChI=1S/C52H34N4/c1-3-11-35(12-4-1)37-22-28-41(29-23-37)50-54-51(42-30-24-38(25-31-42)36-13-5-2-6-14-36)56-52(55-50)45-16-9-15-43(33-45)39-20-26-40(27-21-39)48-34-44-17-10-32-53-49(44)47-19-8-7-18-46(47)48/h1-34H. The topological polar surface area (TPSA) is 51.6 Å². The summed E-state index contributed by atoms with van der Waals surface area (Å²) in [7, 11) is 0. The molecule has 56 heavy (non-hydrogen) atoms. The zero-order valence-electron chi connectivity index (χ0n) is 30.4. The second-order valence-electron chi connectivity index (χ2n) is 13.9. The Morgan fingerprint density at radius 1 is 0.268 bits per heavy atom. The van der Waals surface area contributed by atoms with Gasteiger partial charge in [0.2, 0.25) is 0 Å². The van der Waals surface area contributed by atoms with Crippen LogP contribution in [0.5, 0.6) is 0 Å². The first-order valence-corrected chi connectivity index (χ1v) is 18.8. The lowest BCUT2D eigenvalue weighted by atomic mass is 9.94. The van der Waals surface area contributed by atoms with Gasteiger partial charge in [-0.2, -0.15) is 0 Å². The Morgan fingerprint density at radius 2 is 0.696 bits per heavy atom. The molecule has 0 fully saturated rings. The molecule has 0 unspecified atom stereocenters. The maximum absolute atomic E-state index is 5.08. The molecule has 4 heteroatoms. The summed E-state index contributed by atoms with van der Waals surface area (Å²) in [6.07, 6.45) is 1.86. The van der Waals surface area contributed by atoms with Gasteiger partial charge in [-0.05, 0) is 68.1 Å². The Balaban J connectivity index is 1.02. The first kappa shape index (κ1) is 33.0. The molecule has 262 valence electrons. The second kappa shape index (κ2) is 14.3. The zero-order chi connectivity index (χ0) is 37.3. The van der Waals surface area contributed by atoms with Gasteiger partial charge in [0.25, 0.3) is 0 Å². The summed E-state index contributed by atoms with van der Waals surface area (Å²) in [4.78, 5) is 19.9. The van der Waals surface area contributed by atoms with Crippen LogP contribution >= 0.6 is 0 Å². The lowest BCUT2D eigenvalue weighted by Crippen LogP contribution is -2.00. The van der Waals surface area contributed by atoms with E-state index in [0.717, 1.165) is 60.8 Å². The van der Waals surface area contributed by atoms with E-state index in [2.05, 4.69) is 182 Å². The minimum absolute atomic E-state index is 0.624. The Labute approximate surface area is 325 Å². The monoisotopic (exact) mass is 714 g/mol. The van der Waals surface area contributed by atoms with Crippen molar-refractivity contribution in [2.75, 3.05) is 0 Å². The van der Waals surface area contributed by atoms with Crippen LogP contribution in [-0.2, 0) is 0 Å². The lowest BCUT2D eigenvalue weighted by molar-refractivity contribution is 1.07. The third-order valence-electron chi connectivity index (χ3n) is 10.4. The van der Waals surface area contributed by atoms with Crippen LogP contribution in [-0.4, -0.2) is 19.9 Å². The van der Waals surface area contributed by atoms with E-state index in [1.54, 1.807) is 0 Å². The van der Waals surface area contributed by atoms with E-state index >= 15 is 0 Å². The third-order valence-corrected chi connectivity index (χ3v) is 10.4. The van der Waals surface area contributed by atoms with Crippen LogP contribution < -0.4 is 0 Å². The Morgan fingerprint density at radius 3 is 1.29 bits per heavy atom. The minimum Gasteiger partial charge on any atom is -0.256 e. The average Bonchev–Trinajstić information content (AvgIpc) is 3.29. The molecule has 0 saturated heterocycles. The third kappa shape index (κ3) is 6.40. The molecule has 0 atom stereocenters. The van der Waals surface area contributed by atoms with E-state index in [-0.39, 0.29) is 0 Å². The van der Waals surface area contributed by atoms with Crippen molar-refractivity contribution in [3.63, 3.8) is 0 Å². The molecule has 0 aliphatic heterocycles. The number of rotatable bonds is 7. The maximum Gasteiger partial charge on any atom is 0.164 e. The summed E-state index contributed by atoms with van der Waals surface area (Å²) in [6.45, 7) is 0. The largest absolute Gasteiger partial charge is 0.256 e. The van der Waals surface area contributed by atoms with E-state index in [0.29, 0.717) is 17.5 Å². The van der Waals surface area contributed by atoms with Gasteiger partial charge in [-0.3, -0.25) is 4.98 Å². The van der Waals surface area contributed by atoms with Crippen LogP contribution in [0.2, 0.25) is 0 Å². The summed E-state index contributed by atoms with van der Waals surface area (Å²) >= 11 is 0. The number of hydrogen-bond acceptors (Lipinski definition) is 4. The number of nitrogens with zero attached hydrogens (tertiary/aromatic N) is 4. The van der Waals surface area contributed by atoms with Crippen molar-refractivity contribution in [1.29, 1.82) is 0 Å². The molecule has 0 saturated carbocycles. The molecule has 0 aliphatic carbocycles. The molecule has 0 radical (unpaired) electrons. The summed E-state index contributed by atoms with van der Waals surface area (Å²) in [5, 5.41) is 3.49. The van der Waals surface area contributed by atoms with Gasteiger partial charge in [-0.25, -0.2) is 15.0 Å². The van der Waals surface area contributed by atoms with Crippen molar-refractivity contribution in [3.05, 3.63) is 206 Å². The minimum atomic E-state index is 0.624. The van der Waals surface area contributed by atoms with Gasteiger partial charge in [0.1, 0.15) is 0 Å². The highest BCUT2D eigenvalue weighted by molar-refractivity contribution is 6.12. The summed E-state index contributed by atoms with van der Waals surface area (Å²) < 4.78 is 0. The molecule has 0 aliphatic rings. The average molecular weight is 715 g/mol. The van der Waals surface area contributed by atoms with Crippen molar-refractivity contribution < 1.29 is 0 Å². The maximum atomic E-state index is 5.08. The lowest BCUT2D eigenvalue weighted by Gasteiger charge is -2.12. The number of hydrogen-bond donors (Lipinski definition) is 0. The van der Waals surface area contributed by atoms with E-state index in [1.165, 1.54) is 22.1 Å². The van der Waals surface area contributed by atoms with Crippen LogP contribution in [0.1, 0.15) is 0 Å². The number of benzene rings is 8. The highest BCUT2D eigenvalue weighted by atomic mass is 15.0. The molecule has 0 spiro atoms. The molecule has 10 aromatic rings. The number of aromatic nitrogens is 4. The fourth-order valence-corrected chi connectivity index (χ4v) is 7.48. The Kier molecular flexibility index (Phi) is 8.47. The summed E-state index contributed by atoms with van der Waals surface area (Å²) in [5.41, 5.74) is 13.0. The van der Waals surface area contributed by atoms with Gasteiger partial charge in [-0.15, -0.1) is 0 Å². The SMILES string of the molecule is c1ccc(-c2ccc(-c3nc(-c4ccc(-c5ccccc5)cc4)nc(-c4cccc(-c5ccc(-c6cc7cccnc7c7ccccc67)cc5)c4)n3)cc2)cc1. The Hall–Kier alpha value is -7.56. The van der Waals surface area contributed by atoms with Gasteiger partial charge in [0, 0.05) is 33.7 Å². The van der Waals surface area contributed by atoms with Crippen molar-refractivity contribution >= 4 is 21.7 Å². The van der Waals surface area contributed by atoms with Gasteiger partial charge >= 0.3 is 0 Å². The molecule has 10 rings (SSSR count). The predicted molar refractivity (Wildman–Crippen MR) is 231 cm³/mol. The quantitative estimate of drug-likeness (QED) is 0.154. The molecule has 8 aromatic carbocycles. The molecule has 2 aromatic heterocycles.